The summed E-state index contributed by atoms with van der Waals surface area (Å²) >= 11 is 0. The van der Waals surface area contributed by atoms with Crippen LogP contribution in [0.25, 0.3) is 11.6 Å². The van der Waals surface area contributed by atoms with Gasteiger partial charge in [0.15, 0.2) is 23.1 Å². The average molecular weight is 709 g/mol. The van der Waals surface area contributed by atoms with Gasteiger partial charge in [0.2, 0.25) is 11.6 Å². The number of aliphatic hydroxyl groups is 1. The molecule has 2 heterocycles. The number of hydrogen-bond acceptors (Lipinski definition) is 10. The van der Waals surface area contributed by atoms with Crippen molar-refractivity contribution >= 4 is 15.8 Å². The van der Waals surface area contributed by atoms with E-state index in [1.165, 1.54) is 6.20 Å². The zero-order chi connectivity index (χ0) is 39.7. The summed E-state index contributed by atoms with van der Waals surface area (Å²) in [4.78, 5) is 17.3. The fraction of sp³-hybridized carbons (Fsp3) is 0.474. The highest BCUT2D eigenvalue weighted by Gasteiger charge is 2.45. The quantitative estimate of drug-likeness (QED) is 0.132. The van der Waals surface area contributed by atoms with Gasteiger partial charge in [-0.05, 0) is 93.8 Å². The molecule has 0 fully saturated rings. The van der Waals surface area contributed by atoms with E-state index in [9.17, 15) is 13.5 Å². The molecule has 50 heavy (non-hydrogen) atoms. The normalized spacial score (nSPS) is 15.8. The Hall–Kier alpha value is -4.29. The summed E-state index contributed by atoms with van der Waals surface area (Å²) < 4.78 is 73.7. The Labute approximate surface area is 301 Å². The van der Waals surface area contributed by atoms with Crippen LogP contribution in [0.4, 0.5) is 5.82 Å². The number of benzene rings is 2. The highest BCUT2D eigenvalue weighted by Crippen LogP contribution is 2.51. The number of anilines is 1. The van der Waals surface area contributed by atoms with Crippen LogP contribution in [0.3, 0.4) is 0 Å². The van der Waals surface area contributed by atoms with Gasteiger partial charge in [-0.3, -0.25) is 4.72 Å². The first kappa shape index (κ1) is 34.2. The molecule has 0 saturated heterocycles. The lowest BCUT2D eigenvalue weighted by Crippen LogP contribution is -2.44. The maximum atomic E-state index is 14.3. The van der Waals surface area contributed by atoms with Crippen molar-refractivity contribution in [2.75, 3.05) is 11.3 Å². The number of aromatic nitrogens is 4. The average Bonchev–Trinajstić information content (AvgIpc) is 3.02. The molecule has 0 saturated carbocycles. The molecule has 4 aromatic rings. The molecule has 2 unspecified atom stereocenters. The second kappa shape index (κ2) is 15.3. The molecule has 270 valence electrons. The largest absolute Gasteiger partial charge is 0.487 e. The minimum atomic E-state index is -4.43. The summed E-state index contributed by atoms with van der Waals surface area (Å²) in [5, 5.41) is 10.4. The summed E-state index contributed by atoms with van der Waals surface area (Å²) in [5.74, 6) is -1.21. The number of sulfonamides is 1. The fourth-order valence-corrected chi connectivity index (χ4v) is 7.72. The number of aryl methyl sites for hydroxylation is 2. The summed E-state index contributed by atoms with van der Waals surface area (Å²) in [6.07, 6.45) is -0.763. The van der Waals surface area contributed by atoms with E-state index in [1.54, 1.807) is 49.4 Å². The Balaban J connectivity index is 1.98. The Kier molecular flexibility index (Phi) is 10.5. The fourth-order valence-electron chi connectivity index (χ4n) is 6.63. The molecule has 11 nitrogen and oxygen atoms in total. The molecule has 0 bridgehead atoms. The van der Waals surface area contributed by atoms with E-state index in [4.69, 9.17) is 18.3 Å². The summed E-state index contributed by atoms with van der Waals surface area (Å²) in [5.41, 5.74) is 2.00. The summed E-state index contributed by atoms with van der Waals surface area (Å²) in [6, 6.07) is 13.2. The number of rotatable bonds is 14. The Morgan fingerprint density at radius 2 is 1.64 bits per heavy atom. The van der Waals surface area contributed by atoms with Crippen molar-refractivity contribution in [3.8, 4) is 34.8 Å². The smallest absolute Gasteiger partial charge is 0.264 e. The Morgan fingerprint density at radius 3 is 2.20 bits per heavy atom. The van der Waals surface area contributed by atoms with Crippen LogP contribution in [0, 0.1) is 25.2 Å². The van der Waals surface area contributed by atoms with Gasteiger partial charge in [0.05, 0.1) is 21.2 Å². The van der Waals surface area contributed by atoms with Crippen LogP contribution in [0.5, 0.6) is 23.1 Å². The molecular weight excluding hydrogens is 655 g/mol. The van der Waals surface area contributed by atoms with Crippen molar-refractivity contribution in [2.45, 2.75) is 105 Å². The molecule has 2 atom stereocenters. The molecule has 2 aromatic heterocycles. The Bertz CT molecular complexity index is 2050. The third-order valence-corrected chi connectivity index (χ3v) is 9.99. The van der Waals surface area contributed by atoms with Gasteiger partial charge >= 0.3 is 0 Å². The molecule has 0 aliphatic carbocycles. The molecule has 4 rings (SSSR count). The SMILES string of the molecule is [2H]C(C)(O)C([2H])([2H])Oc1nc(-c2nccc(C)n2)nc(NS(=O)(=O)c2ccc(C(CC)(C(C)C)C(C)(C)C)c(C)c2)c1Oc1ccccc1OC(C)C. The van der Waals surface area contributed by atoms with Gasteiger partial charge < -0.3 is 19.3 Å². The third-order valence-electron chi connectivity index (χ3n) is 8.65. The van der Waals surface area contributed by atoms with E-state index >= 15 is 0 Å². The summed E-state index contributed by atoms with van der Waals surface area (Å²) in [7, 11) is -4.43. The second-order valence-corrected chi connectivity index (χ2v) is 15.6. The van der Waals surface area contributed by atoms with Crippen molar-refractivity contribution in [3.63, 3.8) is 0 Å². The van der Waals surface area contributed by atoms with Crippen LogP contribution < -0.4 is 18.9 Å². The topological polar surface area (TPSA) is 146 Å². The van der Waals surface area contributed by atoms with Gasteiger partial charge in [-0.15, -0.1) is 0 Å². The minimum Gasteiger partial charge on any atom is -0.487 e. The van der Waals surface area contributed by atoms with Crippen LogP contribution >= 0.6 is 0 Å². The number of nitrogens with zero attached hydrogens (tertiary/aromatic N) is 4. The predicted molar refractivity (Wildman–Crippen MR) is 196 cm³/mol. The van der Waals surface area contributed by atoms with Crippen LogP contribution in [-0.2, 0) is 15.4 Å². The van der Waals surface area contributed by atoms with Gasteiger partial charge in [-0.2, -0.15) is 4.98 Å². The zero-order valence-electron chi connectivity index (χ0n) is 33.7. The molecule has 0 aliphatic rings. The van der Waals surface area contributed by atoms with Crippen molar-refractivity contribution in [1.82, 2.24) is 19.9 Å². The standard InChI is InChI=1S/C38H51N5O6S/c1-12-38(23(2)3,37(9,10)11)29-18-17-28(21-25(29)6)50(45,46)43-33-32(49-31-16-14-13-15-30(31)48-24(4)5)36(47-22-27(8)44)42-35(41-33)34-39-20-19-26(7)40-34/h13-21,23-24,27,44H,12,22H2,1-11H3,(H,41,42,43)/i22D2,27D. The van der Waals surface area contributed by atoms with E-state index < -0.39 is 40.1 Å². The summed E-state index contributed by atoms with van der Waals surface area (Å²) in [6.45, 7) is 18.1. The Morgan fingerprint density at radius 1 is 0.960 bits per heavy atom. The first-order valence-electron chi connectivity index (χ1n) is 18.1. The minimum absolute atomic E-state index is 0.0319. The molecule has 0 radical (unpaired) electrons. The van der Waals surface area contributed by atoms with Crippen LogP contribution in [-0.4, -0.2) is 52.2 Å². The lowest BCUT2D eigenvalue weighted by atomic mass is 9.55. The molecule has 2 N–H and O–H groups in total. The van der Waals surface area contributed by atoms with E-state index in [2.05, 4.69) is 66.2 Å². The van der Waals surface area contributed by atoms with E-state index in [-0.39, 0.29) is 50.9 Å². The molecule has 0 aliphatic heterocycles. The molecule has 12 heteroatoms. The highest BCUT2D eigenvalue weighted by molar-refractivity contribution is 7.92. The van der Waals surface area contributed by atoms with E-state index in [1.807, 2.05) is 26.8 Å². The van der Waals surface area contributed by atoms with Crippen molar-refractivity contribution in [2.24, 2.45) is 11.3 Å². The van der Waals surface area contributed by atoms with Crippen molar-refractivity contribution in [3.05, 3.63) is 71.5 Å². The molecule has 0 amide bonds. The predicted octanol–water partition coefficient (Wildman–Crippen LogP) is 8.04. The van der Waals surface area contributed by atoms with Crippen molar-refractivity contribution in [1.29, 1.82) is 0 Å². The van der Waals surface area contributed by atoms with Crippen LogP contribution in [0.2, 0.25) is 0 Å². The van der Waals surface area contributed by atoms with E-state index in [0.717, 1.165) is 24.5 Å². The molecule has 2 aromatic carbocycles. The van der Waals surface area contributed by atoms with Crippen molar-refractivity contribution < 1.29 is 31.8 Å². The molecular formula is C38H51N5O6S. The first-order chi connectivity index (χ1) is 24.4. The molecule has 0 spiro atoms. The number of hydrogen-bond donors (Lipinski definition) is 2. The maximum Gasteiger partial charge on any atom is 0.264 e. The van der Waals surface area contributed by atoms with Crippen LogP contribution in [0.1, 0.15) is 89.7 Å². The number of para-hydroxylation sites is 2. The monoisotopic (exact) mass is 708 g/mol. The maximum absolute atomic E-state index is 14.3. The first-order valence-corrected chi connectivity index (χ1v) is 18.1. The third kappa shape index (κ3) is 8.35. The van der Waals surface area contributed by atoms with Gasteiger partial charge in [0, 0.05) is 17.3 Å². The second-order valence-electron chi connectivity index (χ2n) is 13.9. The zero-order valence-corrected chi connectivity index (χ0v) is 31.6. The highest BCUT2D eigenvalue weighted by atomic mass is 32.2. The van der Waals surface area contributed by atoms with E-state index in [0.29, 0.717) is 5.69 Å². The van der Waals surface area contributed by atoms with Gasteiger partial charge in [-0.1, -0.05) is 59.7 Å². The van der Waals surface area contributed by atoms with Crippen LogP contribution in [0.15, 0.2) is 59.6 Å². The van der Waals surface area contributed by atoms with Gasteiger partial charge in [0.25, 0.3) is 15.9 Å². The lowest BCUT2D eigenvalue weighted by molar-refractivity contribution is 0.115. The lowest BCUT2D eigenvalue weighted by Gasteiger charge is -2.49. The van der Waals surface area contributed by atoms with Gasteiger partial charge in [0.1, 0.15) is 6.56 Å². The number of nitrogens with one attached hydrogen (secondary N) is 1. The number of ether oxygens (including phenoxy) is 3. The van der Waals surface area contributed by atoms with Gasteiger partial charge in [-0.25, -0.2) is 23.4 Å².